The molecular formula is C14H21ClN2O3S. The monoisotopic (exact) mass is 332 g/mol. The predicted octanol–water partition coefficient (Wildman–Crippen LogP) is 0.626. The van der Waals surface area contributed by atoms with E-state index in [9.17, 15) is 13.2 Å². The Morgan fingerprint density at radius 1 is 1.33 bits per heavy atom. The van der Waals surface area contributed by atoms with Crippen LogP contribution in [0.25, 0.3) is 0 Å². The summed E-state index contributed by atoms with van der Waals surface area (Å²) in [5, 5.41) is 3.21. The van der Waals surface area contributed by atoms with Crippen molar-refractivity contribution in [1.29, 1.82) is 0 Å². The van der Waals surface area contributed by atoms with Crippen molar-refractivity contribution in [3.05, 3.63) is 35.4 Å². The molecule has 0 aliphatic carbocycles. The van der Waals surface area contributed by atoms with Crippen LogP contribution in [0, 0.1) is 0 Å². The highest BCUT2D eigenvalue weighted by molar-refractivity contribution is 7.90. The van der Waals surface area contributed by atoms with E-state index in [2.05, 4.69) is 11.4 Å². The van der Waals surface area contributed by atoms with Gasteiger partial charge >= 0.3 is 0 Å². The quantitative estimate of drug-likeness (QED) is 0.878. The van der Waals surface area contributed by atoms with Gasteiger partial charge in [-0.25, -0.2) is 8.42 Å². The maximum Gasteiger partial charge on any atom is 0.239 e. The summed E-state index contributed by atoms with van der Waals surface area (Å²) < 4.78 is 22.3. The number of fused-ring (bicyclic) bond motifs is 1. The molecule has 0 bridgehead atoms. The summed E-state index contributed by atoms with van der Waals surface area (Å²) in [5.41, 5.74) is 2.40. The molecule has 1 aromatic carbocycles. The Kier molecular flexibility index (Phi) is 6.19. The fraction of sp³-hybridized carbons (Fsp3) is 0.500. The van der Waals surface area contributed by atoms with E-state index in [-0.39, 0.29) is 36.7 Å². The molecular weight excluding hydrogens is 312 g/mol. The molecule has 2 rings (SSSR count). The largest absolute Gasteiger partial charge is 0.343 e. The second-order valence-corrected chi connectivity index (χ2v) is 7.56. The van der Waals surface area contributed by atoms with Gasteiger partial charge in [0.2, 0.25) is 5.91 Å². The minimum Gasteiger partial charge on any atom is -0.343 e. The van der Waals surface area contributed by atoms with Crippen LogP contribution in [0.2, 0.25) is 0 Å². The summed E-state index contributed by atoms with van der Waals surface area (Å²) in [6.07, 6.45) is 1.83. The van der Waals surface area contributed by atoms with Crippen molar-refractivity contribution in [2.75, 3.05) is 25.6 Å². The molecule has 1 aromatic rings. The maximum atomic E-state index is 12.3. The van der Waals surface area contributed by atoms with E-state index in [1.54, 1.807) is 7.05 Å². The van der Waals surface area contributed by atoms with Gasteiger partial charge in [0.15, 0.2) is 0 Å². The van der Waals surface area contributed by atoms with Gasteiger partial charge in [-0.3, -0.25) is 4.79 Å². The summed E-state index contributed by atoms with van der Waals surface area (Å²) in [5.74, 6) is -0.0541. The van der Waals surface area contributed by atoms with Gasteiger partial charge in [-0.15, -0.1) is 12.4 Å². The molecule has 1 unspecified atom stereocenters. The van der Waals surface area contributed by atoms with Gasteiger partial charge in [-0.1, -0.05) is 24.3 Å². The predicted molar refractivity (Wildman–Crippen MR) is 85.4 cm³/mol. The lowest BCUT2D eigenvalue weighted by atomic mass is 9.95. The molecule has 0 aromatic heterocycles. The molecule has 0 radical (unpaired) electrons. The van der Waals surface area contributed by atoms with Crippen LogP contribution in [0.3, 0.4) is 0 Å². The number of hydrogen-bond acceptors (Lipinski definition) is 4. The van der Waals surface area contributed by atoms with Crippen molar-refractivity contribution >= 4 is 28.2 Å². The average Bonchev–Trinajstić information content (AvgIpc) is 2.42. The Hall–Kier alpha value is -1.11. The Bertz CT molecular complexity index is 604. The second-order valence-electron chi connectivity index (χ2n) is 5.30. The minimum atomic E-state index is -3.05. The number of carbonyl (C=O) groups excluding carboxylic acids is 1. The van der Waals surface area contributed by atoms with Crippen molar-refractivity contribution in [3.8, 4) is 0 Å². The summed E-state index contributed by atoms with van der Waals surface area (Å²) in [6.45, 7) is 0.907. The van der Waals surface area contributed by atoms with E-state index in [4.69, 9.17) is 0 Å². The Morgan fingerprint density at radius 3 is 2.57 bits per heavy atom. The van der Waals surface area contributed by atoms with Gasteiger partial charge in [0.05, 0.1) is 11.8 Å². The third kappa shape index (κ3) is 4.98. The molecule has 1 atom stereocenters. The zero-order valence-electron chi connectivity index (χ0n) is 12.2. The number of rotatable bonds is 4. The Labute approximate surface area is 132 Å². The molecule has 1 amide bonds. The first-order chi connectivity index (χ1) is 9.37. The molecule has 0 saturated heterocycles. The molecule has 1 aliphatic heterocycles. The van der Waals surface area contributed by atoms with Gasteiger partial charge in [-0.05, 0) is 17.5 Å². The fourth-order valence-corrected chi connectivity index (χ4v) is 2.91. The molecule has 118 valence electrons. The standard InChI is InChI=1S/C14H20N2O3S.ClH/c1-16(7-8-20(2,18)19)14(17)13-9-11-5-3-4-6-12(11)10-15-13;/h3-6,13,15H,7-10H2,1-2H3;1H. The Balaban J connectivity index is 0.00000220. The molecule has 0 fully saturated rings. The second kappa shape index (κ2) is 7.24. The molecule has 21 heavy (non-hydrogen) atoms. The molecule has 7 heteroatoms. The van der Waals surface area contributed by atoms with Gasteiger partial charge in [-0.2, -0.15) is 0 Å². The smallest absolute Gasteiger partial charge is 0.239 e. The van der Waals surface area contributed by atoms with Gasteiger partial charge in [0.1, 0.15) is 9.84 Å². The van der Waals surface area contributed by atoms with E-state index in [1.165, 1.54) is 22.3 Å². The number of nitrogens with zero attached hydrogens (tertiary/aromatic N) is 1. The van der Waals surface area contributed by atoms with Crippen LogP contribution in [0.4, 0.5) is 0 Å². The first-order valence-electron chi connectivity index (χ1n) is 6.60. The van der Waals surface area contributed by atoms with E-state index in [1.807, 2.05) is 18.2 Å². The summed E-state index contributed by atoms with van der Waals surface area (Å²) in [4.78, 5) is 13.8. The van der Waals surface area contributed by atoms with Crippen molar-refractivity contribution in [2.45, 2.75) is 19.0 Å². The van der Waals surface area contributed by atoms with Crippen LogP contribution < -0.4 is 5.32 Å². The number of sulfone groups is 1. The molecule has 5 nitrogen and oxygen atoms in total. The van der Waals surface area contributed by atoms with E-state index >= 15 is 0 Å². The molecule has 1 heterocycles. The lowest BCUT2D eigenvalue weighted by Crippen LogP contribution is -2.49. The van der Waals surface area contributed by atoms with Crippen LogP contribution in [0.15, 0.2) is 24.3 Å². The highest BCUT2D eigenvalue weighted by Crippen LogP contribution is 2.17. The van der Waals surface area contributed by atoms with Crippen LogP contribution in [-0.2, 0) is 27.6 Å². The van der Waals surface area contributed by atoms with Crippen molar-refractivity contribution < 1.29 is 13.2 Å². The van der Waals surface area contributed by atoms with Crippen molar-refractivity contribution in [1.82, 2.24) is 10.2 Å². The number of likely N-dealkylation sites (N-methyl/N-ethyl adjacent to an activating group) is 1. The third-order valence-corrected chi connectivity index (χ3v) is 4.48. The van der Waals surface area contributed by atoms with E-state index < -0.39 is 9.84 Å². The number of carbonyl (C=O) groups is 1. The maximum absolute atomic E-state index is 12.3. The Morgan fingerprint density at radius 2 is 1.95 bits per heavy atom. The first-order valence-corrected chi connectivity index (χ1v) is 8.66. The molecule has 1 aliphatic rings. The van der Waals surface area contributed by atoms with Crippen LogP contribution in [-0.4, -0.2) is 50.9 Å². The topological polar surface area (TPSA) is 66.5 Å². The lowest BCUT2D eigenvalue weighted by Gasteiger charge is -2.29. The number of benzene rings is 1. The highest BCUT2D eigenvalue weighted by Gasteiger charge is 2.26. The van der Waals surface area contributed by atoms with Crippen molar-refractivity contribution in [3.63, 3.8) is 0 Å². The average molecular weight is 333 g/mol. The van der Waals surface area contributed by atoms with E-state index in [0.717, 1.165) is 0 Å². The zero-order chi connectivity index (χ0) is 14.8. The lowest BCUT2D eigenvalue weighted by molar-refractivity contribution is -0.132. The normalized spacial score (nSPS) is 17.5. The summed E-state index contributed by atoms with van der Waals surface area (Å²) >= 11 is 0. The highest BCUT2D eigenvalue weighted by atomic mass is 35.5. The third-order valence-electron chi connectivity index (χ3n) is 3.55. The SMILES string of the molecule is CN(CCS(C)(=O)=O)C(=O)C1Cc2ccccc2CN1.Cl. The van der Waals surface area contributed by atoms with Crippen LogP contribution in [0.5, 0.6) is 0 Å². The molecule has 0 spiro atoms. The number of hydrogen-bond donors (Lipinski definition) is 1. The van der Waals surface area contributed by atoms with Crippen molar-refractivity contribution in [2.24, 2.45) is 0 Å². The summed E-state index contributed by atoms with van der Waals surface area (Å²) in [7, 11) is -1.40. The minimum absolute atomic E-state index is 0. The van der Waals surface area contributed by atoms with Gasteiger partial charge in [0.25, 0.3) is 0 Å². The van der Waals surface area contributed by atoms with Crippen LogP contribution >= 0.6 is 12.4 Å². The first kappa shape index (κ1) is 17.9. The number of nitrogens with one attached hydrogen (secondary N) is 1. The molecule has 0 saturated carbocycles. The van der Waals surface area contributed by atoms with Gasteiger partial charge < -0.3 is 10.2 Å². The van der Waals surface area contributed by atoms with Crippen LogP contribution in [0.1, 0.15) is 11.1 Å². The summed E-state index contributed by atoms with van der Waals surface area (Å²) in [6, 6.07) is 7.78. The number of amides is 1. The zero-order valence-corrected chi connectivity index (χ0v) is 13.8. The fourth-order valence-electron chi connectivity index (χ4n) is 2.31. The number of halogens is 1. The molecule has 1 N–H and O–H groups in total. The van der Waals surface area contributed by atoms with E-state index in [0.29, 0.717) is 13.0 Å². The van der Waals surface area contributed by atoms with Gasteiger partial charge in [0, 0.05) is 26.4 Å².